The summed E-state index contributed by atoms with van der Waals surface area (Å²) in [5, 5.41) is 26.3. The first kappa shape index (κ1) is 11.4. The molecule has 0 rings (SSSR count). The number of hydrogen-bond acceptors (Lipinski definition) is 3. The number of carboxylic acids is 1. The number of aliphatic hydroxyl groups is 2. The van der Waals surface area contributed by atoms with Crippen molar-refractivity contribution in [2.75, 3.05) is 13.2 Å². The zero-order chi connectivity index (χ0) is 9.61. The van der Waals surface area contributed by atoms with Crippen molar-refractivity contribution in [1.82, 2.24) is 0 Å². The number of aliphatic carboxylic acids is 1. The molecule has 0 aliphatic rings. The SMILES string of the molecule is CCC(CO)(CO)CCC(=O)O. The van der Waals surface area contributed by atoms with Gasteiger partial charge < -0.3 is 15.3 Å². The van der Waals surface area contributed by atoms with Crippen LogP contribution in [-0.2, 0) is 4.79 Å². The van der Waals surface area contributed by atoms with E-state index in [0.717, 1.165) is 0 Å². The van der Waals surface area contributed by atoms with Gasteiger partial charge in [0.2, 0.25) is 0 Å². The van der Waals surface area contributed by atoms with Gasteiger partial charge in [-0.25, -0.2) is 0 Å². The lowest BCUT2D eigenvalue weighted by molar-refractivity contribution is -0.138. The predicted octanol–water partition coefficient (Wildman–Crippen LogP) is 0.232. The van der Waals surface area contributed by atoms with Crippen molar-refractivity contribution in [1.29, 1.82) is 0 Å². The minimum absolute atomic E-state index is 0.00500. The van der Waals surface area contributed by atoms with E-state index in [9.17, 15) is 4.79 Å². The Balaban J connectivity index is 4.01. The standard InChI is InChI=1S/C8H16O4/c1-2-8(5-9,6-10)4-3-7(11)12/h9-10H,2-6H2,1H3,(H,11,12). The first-order valence-electron chi connectivity index (χ1n) is 4.04. The molecule has 0 aromatic heterocycles. The van der Waals surface area contributed by atoms with Crippen molar-refractivity contribution >= 4 is 5.97 Å². The Morgan fingerprint density at radius 3 is 2.08 bits per heavy atom. The molecule has 0 aromatic rings. The van der Waals surface area contributed by atoms with Gasteiger partial charge in [-0.3, -0.25) is 4.79 Å². The molecule has 0 radical (unpaired) electrons. The molecular formula is C8H16O4. The molecule has 3 N–H and O–H groups in total. The average molecular weight is 176 g/mol. The topological polar surface area (TPSA) is 77.8 Å². The van der Waals surface area contributed by atoms with E-state index < -0.39 is 11.4 Å². The first-order valence-corrected chi connectivity index (χ1v) is 4.04. The van der Waals surface area contributed by atoms with E-state index in [4.69, 9.17) is 15.3 Å². The van der Waals surface area contributed by atoms with Crippen molar-refractivity contribution in [3.8, 4) is 0 Å². The van der Waals surface area contributed by atoms with Crippen LogP contribution in [-0.4, -0.2) is 34.5 Å². The van der Waals surface area contributed by atoms with E-state index in [0.29, 0.717) is 12.8 Å². The molecule has 0 atom stereocenters. The highest BCUT2D eigenvalue weighted by molar-refractivity contribution is 5.66. The van der Waals surface area contributed by atoms with Crippen LogP contribution in [0.1, 0.15) is 26.2 Å². The lowest BCUT2D eigenvalue weighted by Crippen LogP contribution is -2.29. The van der Waals surface area contributed by atoms with E-state index in [1.54, 1.807) is 0 Å². The smallest absolute Gasteiger partial charge is 0.303 e. The molecule has 0 spiro atoms. The zero-order valence-electron chi connectivity index (χ0n) is 7.29. The maximum atomic E-state index is 10.2. The second kappa shape index (κ2) is 5.11. The number of rotatable bonds is 6. The number of carboxylic acid groups (broad SMARTS) is 1. The van der Waals surface area contributed by atoms with Crippen molar-refractivity contribution in [2.45, 2.75) is 26.2 Å². The largest absolute Gasteiger partial charge is 0.481 e. The van der Waals surface area contributed by atoms with Crippen molar-refractivity contribution in [3.05, 3.63) is 0 Å². The summed E-state index contributed by atoms with van der Waals surface area (Å²) in [4.78, 5) is 10.2. The number of hydrogen-bond donors (Lipinski definition) is 3. The summed E-state index contributed by atoms with van der Waals surface area (Å²) >= 11 is 0. The fourth-order valence-electron chi connectivity index (χ4n) is 0.981. The summed E-state index contributed by atoms with van der Waals surface area (Å²) in [6, 6.07) is 0. The van der Waals surface area contributed by atoms with Gasteiger partial charge >= 0.3 is 5.97 Å². The molecule has 0 aliphatic heterocycles. The number of carbonyl (C=O) groups is 1. The monoisotopic (exact) mass is 176 g/mol. The van der Waals surface area contributed by atoms with Crippen LogP contribution in [0.15, 0.2) is 0 Å². The minimum Gasteiger partial charge on any atom is -0.481 e. The Kier molecular flexibility index (Phi) is 4.85. The summed E-state index contributed by atoms with van der Waals surface area (Å²) in [6.07, 6.45) is 0.911. The van der Waals surface area contributed by atoms with Gasteiger partial charge in [0.15, 0.2) is 0 Å². The quantitative estimate of drug-likeness (QED) is 0.541. The van der Waals surface area contributed by atoms with Crippen LogP contribution in [0.4, 0.5) is 0 Å². The Bertz CT molecular complexity index is 132. The maximum Gasteiger partial charge on any atom is 0.303 e. The molecule has 0 aliphatic carbocycles. The third kappa shape index (κ3) is 3.19. The van der Waals surface area contributed by atoms with Crippen LogP contribution in [0.25, 0.3) is 0 Å². The lowest BCUT2D eigenvalue weighted by atomic mass is 9.82. The molecule has 0 amide bonds. The molecule has 0 fully saturated rings. The van der Waals surface area contributed by atoms with Gasteiger partial charge in [0, 0.05) is 11.8 Å². The van der Waals surface area contributed by atoms with E-state index >= 15 is 0 Å². The van der Waals surface area contributed by atoms with Gasteiger partial charge in [-0.1, -0.05) is 6.92 Å². The summed E-state index contributed by atoms with van der Waals surface area (Å²) in [6.45, 7) is 1.51. The Morgan fingerprint density at radius 1 is 1.33 bits per heavy atom. The van der Waals surface area contributed by atoms with E-state index in [1.807, 2.05) is 6.92 Å². The summed E-state index contributed by atoms with van der Waals surface area (Å²) < 4.78 is 0. The molecule has 12 heavy (non-hydrogen) atoms. The Hall–Kier alpha value is -0.610. The third-order valence-electron chi connectivity index (χ3n) is 2.29. The molecule has 72 valence electrons. The third-order valence-corrected chi connectivity index (χ3v) is 2.29. The Labute approximate surface area is 71.8 Å². The molecule has 0 unspecified atom stereocenters. The Morgan fingerprint density at radius 2 is 1.83 bits per heavy atom. The first-order chi connectivity index (χ1) is 5.60. The van der Waals surface area contributed by atoms with Crippen LogP contribution in [0.3, 0.4) is 0 Å². The van der Waals surface area contributed by atoms with E-state index in [2.05, 4.69) is 0 Å². The highest BCUT2D eigenvalue weighted by Gasteiger charge is 2.26. The van der Waals surface area contributed by atoms with Gasteiger partial charge in [0.05, 0.1) is 13.2 Å². The average Bonchev–Trinajstić information content (AvgIpc) is 2.08. The predicted molar refractivity (Wildman–Crippen MR) is 43.8 cm³/mol. The van der Waals surface area contributed by atoms with E-state index in [-0.39, 0.29) is 19.6 Å². The fourth-order valence-corrected chi connectivity index (χ4v) is 0.981. The maximum absolute atomic E-state index is 10.2. The lowest BCUT2D eigenvalue weighted by Gasteiger charge is -2.27. The fraction of sp³-hybridized carbons (Fsp3) is 0.875. The summed E-state index contributed by atoms with van der Waals surface area (Å²) in [5.74, 6) is -0.894. The molecule has 4 heteroatoms. The highest BCUT2D eigenvalue weighted by atomic mass is 16.4. The second-order valence-electron chi connectivity index (χ2n) is 3.06. The van der Waals surface area contributed by atoms with Crippen LogP contribution in [0.5, 0.6) is 0 Å². The van der Waals surface area contributed by atoms with Crippen molar-refractivity contribution < 1.29 is 20.1 Å². The zero-order valence-corrected chi connectivity index (χ0v) is 7.29. The molecule has 0 saturated heterocycles. The molecule has 0 saturated carbocycles. The second-order valence-corrected chi connectivity index (χ2v) is 3.06. The van der Waals surface area contributed by atoms with Crippen LogP contribution < -0.4 is 0 Å². The molecule has 4 nitrogen and oxygen atoms in total. The van der Waals surface area contributed by atoms with Gasteiger partial charge in [-0.2, -0.15) is 0 Å². The van der Waals surface area contributed by atoms with Gasteiger partial charge in [-0.15, -0.1) is 0 Å². The van der Waals surface area contributed by atoms with Crippen LogP contribution >= 0.6 is 0 Å². The molecular weight excluding hydrogens is 160 g/mol. The van der Waals surface area contributed by atoms with E-state index in [1.165, 1.54) is 0 Å². The normalized spacial score (nSPS) is 11.6. The van der Waals surface area contributed by atoms with Gasteiger partial charge in [-0.05, 0) is 12.8 Å². The van der Waals surface area contributed by atoms with Gasteiger partial charge in [0.25, 0.3) is 0 Å². The summed E-state index contributed by atoms with van der Waals surface area (Å²) in [7, 11) is 0. The minimum atomic E-state index is -0.894. The molecule has 0 bridgehead atoms. The van der Waals surface area contributed by atoms with Crippen molar-refractivity contribution in [2.24, 2.45) is 5.41 Å². The number of aliphatic hydroxyl groups excluding tert-OH is 2. The van der Waals surface area contributed by atoms with Gasteiger partial charge in [0.1, 0.15) is 0 Å². The van der Waals surface area contributed by atoms with Crippen LogP contribution in [0, 0.1) is 5.41 Å². The van der Waals surface area contributed by atoms with Crippen LogP contribution in [0.2, 0.25) is 0 Å². The molecule has 0 heterocycles. The molecule has 0 aromatic carbocycles. The highest BCUT2D eigenvalue weighted by Crippen LogP contribution is 2.26. The van der Waals surface area contributed by atoms with Crippen molar-refractivity contribution in [3.63, 3.8) is 0 Å². The summed E-state index contributed by atoms with van der Waals surface area (Å²) in [5.41, 5.74) is -0.613.